The molecule has 0 aromatic rings. The fourth-order valence-corrected chi connectivity index (χ4v) is 3.74. The van der Waals surface area contributed by atoms with Gasteiger partial charge in [-0.25, -0.2) is 4.79 Å². The molecule has 2 fully saturated rings. The number of carbonyl (C=O) groups is 3. The number of hydrogen-bond donors (Lipinski definition) is 3. The van der Waals surface area contributed by atoms with Crippen LogP contribution in [-0.4, -0.2) is 55.3 Å². The molecule has 0 bridgehead atoms. The van der Waals surface area contributed by atoms with E-state index in [9.17, 15) is 14.4 Å². The largest absolute Gasteiger partial charge is 0.481 e. The first kappa shape index (κ1) is 13.2. The summed E-state index contributed by atoms with van der Waals surface area (Å²) in [4.78, 5) is 34.4. The molecule has 100 valence electrons. The smallest absolute Gasteiger partial charge is 0.327 e. The molecule has 2 aliphatic heterocycles. The van der Waals surface area contributed by atoms with Gasteiger partial charge < -0.3 is 15.1 Å². The second-order valence-corrected chi connectivity index (χ2v) is 6.58. The van der Waals surface area contributed by atoms with Crippen molar-refractivity contribution in [3.63, 3.8) is 0 Å². The van der Waals surface area contributed by atoms with Gasteiger partial charge in [0.2, 0.25) is 5.91 Å². The van der Waals surface area contributed by atoms with Crippen LogP contribution in [-0.2, 0) is 14.4 Å². The van der Waals surface area contributed by atoms with Crippen LogP contribution in [0.5, 0.6) is 0 Å². The van der Waals surface area contributed by atoms with Gasteiger partial charge in [-0.3, -0.25) is 14.9 Å². The molecule has 3 N–H and O–H groups in total. The zero-order valence-corrected chi connectivity index (χ0v) is 10.7. The second-order valence-electron chi connectivity index (χ2n) is 4.84. The topological polar surface area (TPSA) is 107 Å². The number of hydrogen-bond acceptors (Lipinski definition) is 5. The first-order valence-electron chi connectivity index (χ1n) is 5.45. The highest BCUT2D eigenvalue weighted by atomic mass is 32.2. The van der Waals surface area contributed by atoms with E-state index in [0.717, 1.165) is 4.90 Å². The number of nitrogens with one attached hydrogen (secondary N) is 1. The van der Waals surface area contributed by atoms with Crippen molar-refractivity contribution >= 4 is 29.6 Å². The Balaban J connectivity index is 2.16. The van der Waals surface area contributed by atoms with Crippen molar-refractivity contribution in [2.24, 2.45) is 0 Å². The molecule has 0 aliphatic carbocycles. The first-order chi connectivity index (χ1) is 8.23. The molecule has 3 atom stereocenters. The summed E-state index contributed by atoms with van der Waals surface area (Å²) in [6.07, 6.45) is -0.578. The van der Waals surface area contributed by atoms with Crippen LogP contribution in [0.4, 0.5) is 0 Å². The van der Waals surface area contributed by atoms with Crippen molar-refractivity contribution in [2.45, 2.75) is 42.6 Å². The molecule has 0 saturated carbocycles. The number of thioether (sulfide) groups is 1. The highest BCUT2D eigenvalue weighted by Gasteiger charge is 2.59. The summed E-state index contributed by atoms with van der Waals surface area (Å²) < 4.78 is 0. The molecule has 0 radical (unpaired) electrons. The van der Waals surface area contributed by atoms with Gasteiger partial charge in [-0.15, -0.1) is 11.8 Å². The zero-order valence-electron chi connectivity index (χ0n) is 9.91. The van der Waals surface area contributed by atoms with E-state index < -0.39 is 30.4 Å². The Morgan fingerprint density at radius 1 is 1.50 bits per heavy atom. The number of carboxylic acid groups (broad SMARTS) is 2. The van der Waals surface area contributed by atoms with Crippen molar-refractivity contribution in [3.8, 4) is 0 Å². The number of aliphatic carboxylic acids is 2. The molecule has 1 amide bonds. The van der Waals surface area contributed by atoms with Crippen LogP contribution in [0.15, 0.2) is 0 Å². The number of amides is 1. The van der Waals surface area contributed by atoms with Crippen LogP contribution in [0, 0.1) is 0 Å². The van der Waals surface area contributed by atoms with Gasteiger partial charge >= 0.3 is 11.9 Å². The molecule has 0 aromatic carbocycles. The monoisotopic (exact) mass is 274 g/mol. The number of fused-ring (bicyclic) bond motifs is 1. The van der Waals surface area contributed by atoms with Gasteiger partial charge in [-0.1, -0.05) is 0 Å². The quantitative estimate of drug-likeness (QED) is 0.594. The number of nitrogens with zero attached hydrogens (tertiary/aromatic N) is 1. The predicted molar refractivity (Wildman–Crippen MR) is 62.9 cm³/mol. The van der Waals surface area contributed by atoms with E-state index in [2.05, 4.69) is 5.32 Å². The van der Waals surface area contributed by atoms with Crippen molar-refractivity contribution in [1.29, 1.82) is 0 Å². The fraction of sp³-hybridized carbons (Fsp3) is 0.700. The van der Waals surface area contributed by atoms with E-state index in [1.165, 1.54) is 11.8 Å². The summed E-state index contributed by atoms with van der Waals surface area (Å²) in [5.74, 6) is -2.85. The molecule has 18 heavy (non-hydrogen) atoms. The van der Waals surface area contributed by atoms with Crippen LogP contribution in [0.3, 0.4) is 0 Å². The minimum Gasteiger partial charge on any atom is -0.481 e. The zero-order chi connectivity index (χ0) is 13.7. The maximum atomic E-state index is 11.9. The van der Waals surface area contributed by atoms with Gasteiger partial charge in [-0.2, -0.15) is 0 Å². The molecule has 3 unspecified atom stereocenters. The number of β-lactam (4-membered cyclic amide) rings is 1. The maximum absolute atomic E-state index is 11.9. The highest BCUT2D eigenvalue weighted by Crippen LogP contribution is 2.45. The number of carbonyl (C=O) groups excluding carboxylic acids is 1. The van der Waals surface area contributed by atoms with E-state index in [1.807, 2.05) is 13.8 Å². The molecule has 2 rings (SSSR count). The van der Waals surface area contributed by atoms with Crippen LogP contribution in [0.25, 0.3) is 0 Å². The fourth-order valence-electron chi connectivity index (χ4n) is 2.26. The maximum Gasteiger partial charge on any atom is 0.327 e. The molecule has 8 heteroatoms. The summed E-state index contributed by atoms with van der Waals surface area (Å²) in [5, 5.41) is 20.5. The van der Waals surface area contributed by atoms with Gasteiger partial charge in [0.1, 0.15) is 17.5 Å². The Morgan fingerprint density at radius 2 is 2.11 bits per heavy atom. The van der Waals surface area contributed by atoms with Crippen LogP contribution < -0.4 is 5.32 Å². The highest BCUT2D eigenvalue weighted by molar-refractivity contribution is 8.01. The average Bonchev–Trinajstić information content (AvgIpc) is 2.49. The lowest BCUT2D eigenvalue weighted by molar-refractivity contribution is -0.163. The van der Waals surface area contributed by atoms with Crippen LogP contribution in [0.2, 0.25) is 0 Å². The SMILES string of the molecule is CC1(C)NC2C(=O)N(C(CC(=O)O)C(=O)O)C2S1. The Labute approximate surface area is 108 Å². The molecule has 0 spiro atoms. The van der Waals surface area contributed by atoms with Crippen molar-refractivity contribution in [1.82, 2.24) is 10.2 Å². The van der Waals surface area contributed by atoms with Gasteiger partial charge in [0, 0.05) is 0 Å². The first-order valence-corrected chi connectivity index (χ1v) is 6.33. The predicted octanol–water partition coefficient (Wildman–Crippen LogP) is -0.476. The molecular weight excluding hydrogens is 260 g/mol. The summed E-state index contributed by atoms with van der Waals surface area (Å²) in [6.45, 7) is 3.79. The van der Waals surface area contributed by atoms with Crippen molar-refractivity contribution < 1.29 is 24.6 Å². The van der Waals surface area contributed by atoms with Crippen molar-refractivity contribution in [2.75, 3.05) is 0 Å². The molecular formula is C10H14N2O5S. The van der Waals surface area contributed by atoms with Gasteiger partial charge in [0.25, 0.3) is 0 Å². The molecule has 7 nitrogen and oxygen atoms in total. The summed E-state index contributed by atoms with van der Waals surface area (Å²) >= 11 is 1.44. The van der Waals surface area contributed by atoms with Gasteiger partial charge in [-0.05, 0) is 13.8 Å². The molecule has 2 saturated heterocycles. The Kier molecular flexibility index (Phi) is 3.02. The minimum absolute atomic E-state index is 0.298. The van der Waals surface area contributed by atoms with E-state index >= 15 is 0 Å². The number of rotatable bonds is 4. The normalized spacial score (nSPS) is 30.6. The van der Waals surface area contributed by atoms with Crippen LogP contribution >= 0.6 is 11.8 Å². The molecule has 2 aliphatic rings. The third-order valence-corrected chi connectivity index (χ3v) is 4.44. The number of carboxylic acids is 2. The van der Waals surface area contributed by atoms with E-state index in [-0.39, 0.29) is 16.2 Å². The number of likely N-dealkylation sites (tertiary alicyclic amines) is 1. The lowest BCUT2D eigenvalue weighted by Crippen LogP contribution is -2.69. The third-order valence-electron chi connectivity index (χ3n) is 2.99. The minimum atomic E-state index is -1.29. The summed E-state index contributed by atoms with van der Waals surface area (Å²) in [7, 11) is 0. The molecule has 0 aromatic heterocycles. The van der Waals surface area contributed by atoms with Gasteiger partial charge in [0.15, 0.2) is 0 Å². The lowest BCUT2D eigenvalue weighted by Gasteiger charge is -2.44. The van der Waals surface area contributed by atoms with Crippen LogP contribution in [0.1, 0.15) is 20.3 Å². The Hall–Kier alpha value is -1.28. The summed E-state index contributed by atoms with van der Waals surface area (Å²) in [5.41, 5.74) is 0. The van der Waals surface area contributed by atoms with E-state index in [1.54, 1.807) is 0 Å². The standard InChI is InChI=1S/C10H14N2O5S/c1-10(2)11-6-7(15)12(8(6)18-10)4(9(16)17)3-5(13)14/h4,6,8,11H,3H2,1-2H3,(H,13,14)(H,16,17). The Bertz CT molecular complexity index is 424. The van der Waals surface area contributed by atoms with Gasteiger partial charge in [0.05, 0.1) is 11.3 Å². The third kappa shape index (κ3) is 2.05. The molecule has 2 heterocycles. The van der Waals surface area contributed by atoms with E-state index in [0.29, 0.717) is 0 Å². The Morgan fingerprint density at radius 3 is 2.61 bits per heavy atom. The van der Waals surface area contributed by atoms with Crippen molar-refractivity contribution in [3.05, 3.63) is 0 Å². The second kappa shape index (κ2) is 4.13. The average molecular weight is 274 g/mol. The summed E-state index contributed by atoms with van der Waals surface area (Å²) in [6, 6.07) is -1.69. The van der Waals surface area contributed by atoms with E-state index in [4.69, 9.17) is 10.2 Å². The lowest BCUT2D eigenvalue weighted by atomic mass is 10.0.